The summed E-state index contributed by atoms with van der Waals surface area (Å²) in [7, 11) is 0. The molecule has 0 aliphatic carbocycles. The summed E-state index contributed by atoms with van der Waals surface area (Å²) in [6.45, 7) is 0.644. The molecule has 0 saturated carbocycles. The Bertz CT molecular complexity index is 1670. The largest absolute Gasteiger partial charge is 0.342 e. The van der Waals surface area contributed by atoms with Crippen LogP contribution in [-0.2, 0) is 11.3 Å². The van der Waals surface area contributed by atoms with Gasteiger partial charge in [-0.15, -0.1) is 0 Å². The molecule has 1 aliphatic rings. The number of hydrogen-bond donors (Lipinski definition) is 0. The molecule has 1 aromatic heterocycles. The molecule has 5 aromatic rings. The Labute approximate surface area is 217 Å². The summed E-state index contributed by atoms with van der Waals surface area (Å²) in [4.78, 5) is 15.8. The number of rotatable bonds is 4. The van der Waals surface area contributed by atoms with E-state index < -0.39 is 0 Å². The monoisotopic (exact) mass is 510 g/mol. The summed E-state index contributed by atoms with van der Waals surface area (Å²) in [6, 6.07) is 30.1. The van der Waals surface area contributed by atoms with Gasteiger partial charge in [0.25, 0.3) is 5.91 Å². The van der Waals surface area contributed by atoms with Crippen LogP contribution in [0.1, 0.15) is 11.1 Å². The van der Waals surface area contributed by atoms with Crippen LogP contribution in [0, 0.1) is 0 Å². The molecule has 0 atom stereocenters. The number of anilines is 1. The molecule has 1 amide bonds. The average molecular weight is 511 g/mol. The van der Waals surface area contributed by atoms with E-state index in [-0.39, 0.29) is 5.91 Å². The van der Waals surface area contributed by atoms with Crippen LogP contribution in [0.2, 0.25) is 5.02 Å². The van der Waals surface area contributed by atoms with Crippen molar-refractivity contribution in [3.05, 3.63) is 118 Å². The minimum Gasteiger partial charge on any atom is -0.342 e. The number of nitrogens with zero attached hydrogens (tertiary/aromatic N) is 2. The van der Waals surface area contributed by atoms with Gasteiger partial charge in [-0.2, -0.15) is 0 Å². The van der Waals surface area contributed by atoms with Gasteiger partial charge < -0.3 is 4.57 Å². The number of carbonyl (C=O) groups is 1. The number of aromatic nitrogens is 1. The van der Waals surface area contributed by atoms with E-state index in [2.05, 4.69) is 22.9 Å². The van der Waals surface area contributed by atoms with E-state index in [9.17, 15) is 4.79 Å². The second-order valence-corrected chi connectivity index (χ2v) is 10.4. The first-order valence-electron chi connectivity index (χ1n) is 11.2. The fourth-order valence-corrected chi connectivity index (χ4v) is 6.02. The molecule has 35 heavy (non-hydrogen) atoms. The van der Waals surface area contributed by atoms with Crippen molar-refractivity contribution in [1.82, 2.24) is 4.57 Å². The number of benzene rings is 4. The van der Waals surface area contributed by atoms with Gasteiger partial charge in [0.15, 0.2) is 4.32 Å². The molecule has 1 saturated heterocycles. The summed E-state index contributed by atoms with van der Waals surface area (Å²) < 4.78 is 2.71. The molecule has 6 rings (SSSR count). The highest BCUT2D eigenvalue weighted by atomic mass is 35.5. The van der Waals surface area contributed by atoms with Gasteiger partial charge >= 0.3 is 0 Å². The predicted molar refractivity (Wildman–Crippen MR) is 152 cm³/mol. The molecule has 3 nitrogen and oxygen atoms in total. The molecule has 6 heteroatoms. The van der Waals surface area contributed by atoms with Crippen LogP contribution < -0.4 is 4.90 Å². The number of amides is 1. The lowest BCUT2D eigenvalue weighted by Crippen LogP contribution is -2.27. The Morgan fingerprint density at radius 2 is 1.57 bits per heavy atom. The van der Waals surface area contributed by atoms with Gasteiger partial charge in [0.1, 0.15) is 0 Å². The van der Waals surface area contributed by atoms with Crippen molar-refractivity contribution < 1.29 is 4.79 Å². The van der Waals surface area contributed by atoms with E-state index >= 15 is 0 Å². The zero-order valence-corrected chi connectivity index (χ0v) is 20.9. The first-order valence-corrected chi connectivity index (χ1v) is 12.8. The fourth-order valence-electron chi connectivity index (χ4n) is 4.55. The maximum Gasteiger partial charge on any atom is 0.270 e. The molecule has 1 fully saturated rings. The smallest absolute Gasteiger partial charge is 0.270 e. The molecule has 0 N–H and O–H groups in total. The summed E-state index contributed by atoms with van der Waals surface area (Å²) in [6.07, 6.45) is 4.04. The second kappa shape index (κ2) is 9.00. The highest BCUT2D eigenvalue weighted by Crippen LogP contribution is 2.39. The molecule has 1 aliphatic heterocycles. The quantitative estimate of drug-likeness (QED) is 0.181. The average Bonchev–Trinajstić information content (AvgIpc) is 3.36. The fraction of sp³-hybridized carbons (Fsp3) is 0.0345. The lowest BCUT2D eigenvalue weighted by Gasteiger charge is -2.17. The Balaban J connectivity index is 1.40. The summed E-state index contributed by atoms with van der Waals surface area (Å²) in [5, 5.41) is 3.90. The Kier molecular flexibility index (Phi) is 5.69. The first-order chi connectivity index (χ1) is 17.1. The molecule has 0 radical (unpaired) electrons. The van der Waals surface area contributed by atoms with Crippen molar-refractivity contribution >= 4 is 79.2 Å². The lowest BCUT2D eigenvalue weighted by molar-refractivity contribution is -0.113. The molecule has 170 valence electrons. The number of thioether (sulfide) groups is 1. The summed E-state index contributed by atoms with van der Waals surface area (Å²) in [5.41, 5.74) is 3.92. The Hall–Kier alpha value is -3.38. The van der Waals surface area contributed by atoms with Gasteiger partial charge in [0.2, 0.25) is 0 Å². The van der Waals surface area contributed by atoms with E-state index in [1.165, 1.54) is 11.8 Å². The predicted octanol–water partition coefficient (Wildman–Crippen LogP) is 7.90. The number of halogens is 1. The van der Waals surface area contributed by atoms with Crippen molar-refractivity contribution in [3.8, 4) is 0 Å². The SMILES string of the molecule is O=C1/C(=C/c2cn(Cc3ccccc3Cl)c3ccccc23)SC(=S)N1c1cccc2ccccc12. The van der Waals surface area contributed by atoms with E-state index in [1.807, 2.05) is 84.9 Å². The van der Waals surface area contributed by atoms with Crippen LogP contribution in [0.3, 0.4) is 0 Å². The van der Waals surface area contributed by atoms with E-state index in [1.54, 1.807) is 4.90 Å². The Morgan fingerprint density at radius 3 is 2.43 bits per heavy atom. The highest BCUT2D eigenvalue weighted by molar-refractivity contribution is 8.27. The topological polar surface area (TPSA) is 25.2 Å². The first kappa shape index (κ1) is 22.1. The van der Waals surface area contributed by atoms with Crippen molar-refractivity contribution in [2.75, 3.05) is 4.90 Å². The summed E-state index contributed by atoms with van der Waals surface area (Å²) >= 11 is 13.4. The third-order valence-corrected chi connectivity index (χ3v) is 7.88. The van der Waals surface area contributed by atoms with Crippen LogP contribution in [0.25, 0.3) is 27.8 Å². The van der Waals surface area contributed by atoms with Gasteiger partial charge in [0, 0.05) is 39.6 Å². The molecular weight excluding hydrogens is 492 g/mol. The number of carbonyl (C=O) groups excluding carboxylic acids is 1. The molecule has 4 aromatic carbocycles. The minimum absolute atomic E-state index is 0.0979. The van der Waals surface area contributed by atoms with E-state index in [0.29, 0.717) is 15.8 Å². The molecule has 2 heterocycles. The summed E-state index contributed by atoms with van der Waals surface area (Å²) in [5.74, 6) is -0.0979. The normalized spacial score (nSPS) is 15.1. The van der Waals surface area contributed by atoms with Gasteiger partial charge in [-0.3, -0.25) is 9.69 Å². The van der Waals surface area contributed by atoms with Gasteiger partial charge in [-0.25, -0.2) is 0 Å². The van der Waals surface area contributed by atoms with Crippen molar-refractivity contribution in [3.63, 3.8) is 0 Å². The minimum atomic E-state index is -0.0979. The third kappa shape index (κ3) is 3.96. The van der Waals surface area contributed by atoms with E-state index in [0.717, 1.165) is 43.5 Å². The van der Waals surface area contributed by atoms with Crippen molar-refractivity contribution in [1.29, 1.82) is 0 Å². The zero-order valence-electron chi connectivity index (χ0n) is 18.5. The number of hydrogen-bond acceptors (Lipinski definition) is 3. The van der Waals surface area contributed by atoms with Crippen LogP contribution >= 0.6 is 35.6 Å². The van der Waals surface area contributed by atoms with Crippen molar-refractivity contribution in [2.45, 2.75) is 6.54 Å². The van der Waals surface area contributed by atoms with Gasteiger partial charge in [-0.1, -0.05) is 108 Å². The van der Waals surface area contributed by atoms with Crippen LogP contribution in [0.5, 0.6) is 0 Å². The second-order valence-electron chi connectivity index (χ2n) is 8.34. The van der Waals surface area contributed by atoms with Crippen LogP contribution in [0.4, 0.5) is 5.69 Å². The Morgan fingerprint density at radius 1 is 0.857 bits per heavy atom. The van der Waals surface area contributed by atoms with E-state index in [4.69, 9.17) is 23.8 Å². The lowest BCUT2D eigenvalue weighted by atomic mass is 10.1. The zero-order chi connectivity index (χ0) is 23.9. The van der Waals surface area contributed by atoms with Gasteiger partial charge in [0.05, 0.1) is 10.6 Å². The maximum atomic E-state index is 13.6. The van der Waals surface area contributed by atoms with Crippen LogP contribution in [-0.4, -0.2) is 14.8 Å². The van der Waals surface area contributed by atoms with Crippen molar-refractivity contribution in [2.24, 2.45) is 0 Å². The molecule has 0 bridgehead atoms. The third-order valence-electron chi connectivity index (χ3n) is 6.21. The molecule has 0 unspecified atom stereocenters. The molecular formula is C29H19ClN2OS2. The number of fused-ring (bicyclic) bond motifs is 2. The highest BCUT2D eigenvalue weighted by Gasteiger charge is 2.34. The van der Waals surface area contributed by atoms with Crippen LogP contribution in [0.15, 0.2) is 102 Å². The molecule has 0 spiro atoms. The number of para-hydroxylation sites is 1. The van der Waals surface area contributed by atoms with Gasteiger partial charge in [-0.05, 0) is 35.2 Å². The number of thiocarbonyl (C=S) groups is 1. The maximum absolute atomic E-state index is 13.6. The standard InChI is InChI=1S/C29H19ClN2OS2/c30-24-13-5-2-9-20(24)17-31-18-21(23-12-4-6-14-25(23)31)16-27-28(33)32(29(34)35-27)26-15-7-10-19-8-1-3-11-22(19)26/h1-16,18H,17H2/b27-16-.